The zero-order chi connectivity index (χ0) is 19.7. The van der Waals surface area contributed by atoms with Gasteiger partial charge in [0.25, 0.3) is 0 Å². The number of nitrogens with two attached hydrogens (primary N) is 1. The first-order valence-electron chi connectivity index (χ1n) is 8.45. The van der Waals surface area contributed by atoms with Crippen LogP contribution in [0.5, 0.6) is 0 Å². The van der Waals surface area contributed by atoms with Gasteiger partial charge in [0.1, 0.15) is 11.6 Å². The summed E-state index contributed by atoms with van der Waals surface area (Å²) in [5, 5.41) is 0. The molecule has 0 radical (unpaired) electrons. The molecule has 1 aliphatic heterocycles. The lowest BCUT2D eigenvalue weighted by molar-refractivity contribution is -0.156. The molecule has 144 valence electrons. The summed E-state index contributed by atoms with van der Waals surface area (Å²) in [6.07, 6.45) is -0.00244. The average molecular weight is 383 g/mol. The zero-order valence-electron chi connectivity index (χ0n) is 15.4. The summed E-state index contributed by atoms with van der Waals surface area (Å²) >= 11 is 0. The van der Waals surface area contributed by atoms with Crippen molar-refractivity contribution in [3.05, 3.63) is 29.3 Å². The smallest absolute Gasteiger partial charge is 0.328 e. The van der Waals surface area contributed by atoms with E-state index in [4.69, 9.17) is 15.2 Å². The second kappa shape index (κ2) is 7.36. The van der Waals surface area contributed by atoms with Crippen molar-refractivity contribution in [2.24, 2.45) is 5.73 Å². The number of carbonyl (C=O) groups excluding carboxylic acids is 2. The Balaban J connectivity index is 2.29. The first kappa shape index (κ1) is 20.4. The third-order valence-corrected chi connectivity index (χ3v) is 5.84. The summed E-state index contributed by atoms with van der Waals surface area (Å²) in [6, 6.07) is 3.54. The maximum atomic E-state index is 12.5. The lowest BCUT2D eigenvalue weighted by Gasteiger charge is -2.22. The summed E-state index contributed by atoms with van der Waals surface area (Å²) < 4.78 is 35.1. The highest BCUT2D eigenvalue weighted by Gasteiger charge is 2.37. The van der Waals surface area contributed by atoms with Gasteiger partial charge in [0.15, 0.2) is 9.84 Å². The molecule has 26 heavy (non-hydrogen) atoms. The van der Waals surface area contributed by atoms with Crippen LogP contribution in [0.1, 0.15) is 57.2 Å². The van der Waals surface area contributed by atoms with E-state index in [0.717, 1.165) is 0 Å². The topological polar surface area (TPSA) is 113 Å². The molecule has 0 fully saturated rings. The number of hydrogen-bond donors (Lipinski definition) is 1. The molecular formula is C18H25NO6S. The van der Waals surface area contributed by atoms with Crippen LogP contribution in [-0.4, -0.2) is 38.3 Å². The number of carbonyl (C=O) groups is 2. The van der Waals surface area contributed by atoms with Crippen LogP contribution in [0.25, 0.3) is 0 Å². The van der Waals surface area contributed by atoms with Crippen LogP contribution in [0.4, 0.5) is 0 Å². The molecule has 2 rings (SSSR count). The molecule has 2 unspecified atom stereocenters. The van der Waals surface area contributed by atoms with Gasteiger partial charge in [-0.15, -0.1) is 0 Å². The van der Waals surface area contributed by atoms with Gasteiger partial charge in [-0.1, -0.05) is 12.1 Å². The lowest BCUT2D eigenvalue weighted by Crippen LogP contribution is -2.31. The highest BCUT2D eigenvalue weighted by atomic mass is 32.2. The Bertz CT molecular complexity index is 809. The molecule has 0 amide bonds. The van der Waals surface area contributed by atoms with Gasteiger partial charge in [-0.05, 0) is 44.9 Å². The van der Waals surface area contributed by atoms with Gasteiger partial charge in [0, 0.05) is 5.92 Å². The quantitative estimate of drug-likeness (QED) is 0.772. The maximum Gasteiger partial charge on any atom is 0.328 e. The van der Waals surface area contributed by atoms with E-state index in [-0.39, 0.29) is 23.7 Å². The maximum absolute atomic E-state index is 12.5. The summed E-state index contributed by atoms with van der Waals surface area (Å²) in [5.41, 5.74) is 6.16. The van der Waals surface area contributed by atoms with Crippen LogP contribution in [0.3, 0.4) is 0 Å². The molecule has 1 heterocycles. The predicted molar refractivity (Wildman–Crippen MR) is 95.3 cm³/mol. The minimum atomic E-state index is -3.55. The Morgan fingerprint density at radius 1 is 1.31 bits per heavy atom. The van der Waals surface area contributed by atoms with Gasteiger partial charge in [-0.2, -0.15) is 0 Å². The molecule has 0 aliphatic carbocycles. The molecule has 7 nitrogen and oxygen atoms in total. The molecule has 1 aliphatic rings. The Morgan fingerprint density at radius 3 is 2.54 bits per heavy atom. The Hall–Kier alpha value is -1.93. The van der Waals surface area contributed by atoms with E-state index < -0.39 is 39.3 Å². The van der Waals surface area contributed by atoms with Crippen molar-refractivity contribution in [2.45, 2.75) is 56.6 Å². The van der Waals surface area contributed by atoms with Gasteiger partial charge >= 0.3 is 11.9 Å². The Morgan fingerprint density at radius 2 is 1.96 bits per heavy atom. The predicted octanol–water partition coefficient (Wildman–Crippen LogP) is 1.85. The van der Waals surface area contributed by atoms with Gasteiger partial charge < -0.3 is 15.2 Å². The van der Waals surface area contributed by atoms with Gasteiger partial charge in [0.05, 0.1) is 23.7 Å². The van der Waals surface area contributed by atoms with Gasteiger partial charge in [-0.3, -0.25) is 4.79 Å². The summed E-state index contributed by atoms with van der Waals surface area (Å²) in [6.45, 7) is 7.12. The molecule has 8 heteroatoms. The van der Waals surface area contributed by atoms with Crippen molar-refractivity contribution in [2.75, 3.05) is 12.4 Å². The van der Waals surface area contributed by atoms with Crippen LogP contribution in [0.2, 0.25) is 0 Å². The average Bonchev–Trinajstić information content (AvgIpc) is 2.75. The van der Waals surface area contributed by atoms with E-state index in [1.165, 1.54) is 6.07 Å². The van der Waals surface area contributed by atoms with Crippen molar-refractivity contribution in [3.8, 4) is 0 Å². The fourth-order valence-corrected chi connectivity index (χ4v) is 4.80. The second-order valence-corrected chi connectivity index (χ2v) is 9.30. The molecule has 2 N–H and O–H groups in total. The minimum absolute atomic E-state index is 0.00244. The number of benzene rings is 1. The van der Waals surface area contributed by atoms with E-state index in [1.54, 1.807) is 39.8 Å². The van der Waals surface area contributed by atoms with E-state index in [9.17, 15) is 18.0 Å². The molecule has 1 aromatic rings. The van der Waals surface area contributed by atoms with Crippen molar-refractivity contribution < 1.29 is 27.5 Å². The molecule has 2 atom stereocenters. The third-order valence-electron chi connectivity index (χ3n) is 3.97. The number of ether oxygens (including phenoxy) is 2. The van der Waals surface area contributed by atoms with Crippen molar-refractivity contribution >= 4 is 21.8 Å². The highest BCUT2D eigenvalue weighted by molar-refractivity contribution is 7.91. The standard InChI is InChI=1S/C18H25NO6S/c1-5-24-15(20)9-12-10-26(22,23)14-8-11(6-7-13(12)14)16(19)17(21)25-18(2,3)4/h6-8,12,16H,5,9-10,19H2,1-4H3. The van der Waals surface area contributed by atoms with Crippen LogP contribution >= 0.6 is 0 Å². The van der Waals surface area contributed by atoms with Crippen molar-refractivity contribution in [1.82, 2.24) is 0 Å². The highest BCUT2D eigenvalue weighted by Crippen LogP contribution is 2.38. The summed E-state index contributed by atoms with van der Waals surface area (Å²) in [5.74, 6) is -1.68. The normalized spacial score (nSPS) is 19.5. The van der Waals surface area contributed by atoms with E-state index >= 15 is 0 Å². The largest absolute Gasteiger partial charge is 0.466 e. The number of fused-ring (bicyclic) bond motifs is 1. The molecule has 0 spiro atoms. The van der Waals surface area contributed by atoms with Crippen LogP contribution in [-0.2, 0) is 28.9 Å². The first-order valence-corrected chi connectivity index (χ1v) is 10.1. The van der Waals surface area contributed by atoms with Crippen LogP contribution in [0.15, 0.2) is 23.1 Å². The van der Waals surface area contributed by atoms with Crippen molar-refractivity contribution in [3.63, 3.8) is 0 Å². The summed E-state index contributed by atoms with van der Waals surface area (Å²) in [4.78, 5) is 24.0. The number of hydrogen-bond acceptors (Lipinski definition) is 7. The number of sulfone groups is 1. The fraction of sp³-hybridized carbons (Fsp3) is 0.556. The molecular weight excluding hydrogens is 358 g/mol. The van der Waals surface area contributed by atoms with Crippen LogP contribution < -0.4 is 5.73 Å². The third kappa shape index (κ3) is 4.62. The van der Waals surface area contributed by atoms with E-state index in [0.29, 0.717) is 11.1 Å². The second-order valence-electron chi connectivity index (χ2n) is 7.30. The fourth-order valence-electron chi connectivity index (χ4n) is 2.89. The van der Waals surface area contributed by atoms with Crippen molar-refractivity contribution in [1.29, 1.82) is 0 Å². The molecule has 0 bridgehead atoms. The first-order chi connectivity index (χ1) is 11.9. The van der Waals surface area contributed by atoms with E-state index in [1.807, 2.05) is 0 Å². The van der Waals surface area contributed by atoms with Crippen LogP contribution in [0, 0.1) is 0 Å². The zero-order valence-corrected chi connectivity index (χ0v) is 16.3. The Kier molecular flexibility index (Phi) is 5.77. The lowest BCUT2D eigenvalue weighted by atomic mass is 9.95. The SMILES string of the molecule is CCOC(=O)CC1CS(=O)(=O)c2cc(C(N)C(=O)OC(C)(C)C)ccc21. The summed E-state index contributed by atoms with van der Waals surface area (Å²) in [7, 11) is -3.55. The number of rotatable bonds is 5. The Labute approximate surface area is 153 Å². The monoisotopic (exact) mass is 383 g/mol. The molecule has 0 saturated carbocycles. The van der Waals surface area contributed by atoms with Gasteiger partial charge in [-0.25, -0.2) is 13.2 Å². The molecule has 0 saturated heterocycles. The molecule has 1 aromatic carbocycles. The molecule has 0 aromatic heterocycles. The minimum Gasteiger partial charge on any atom is -0.466 e. The van der Waals surface area contributed by atoms with Gasteiger partial charge in [0.2, 0.25) is 0 Å². The number of esters is 2. The van der Waals surface area contributed by atoms with E-state index in [2.05, 4.69) is 0 Å².